The van der Waals surface area contributed by atoms with Gasteiger partial charge in [0.1, 0.15) is 6.61 Å². The maximum atomic E-state index is 11.1. The van der Waals surface area contributed by atoms with Gasteiger partial charge >= 0.3 is 0 Å². The molecule has 0 aliphatic heterocycles. The smallest absolute Gasteiger partial charge is 0.188 e. The first-order valence-corrected chi connectivity index (χ1v) is 4.37. The topological polar surface area (TPSA) is 54.4 Å². The summed E-state index contributed by atoms with van der Waals surface area (Å²) in [6.07, 6.45) is 0.590. The minimum atomic E-state index is -0.586. The Morgan fingerprint density at radius 1 is 1.54 bits per heavy atom. The molecule has 0 saturated carbocycles. The summed E-state index contributed by atoms with van der Waals surface area (Å²) < 4.78 is 0.557. The van der Waals surface area contributed by atoms with Gasteiger partial charge in [0.05, 0.1) is 0 Å². The van der Waals surface area contributed by atoms with Crippen LogP contribution in [0.15, 0.2) is 22.7 Å². The number of carbonyl (C=O) groups is 2. The van der Waals surface area contributed by atoms with E-state index in [4.69, 9.17) is 5.11 Å². The number of Topliss-reactive ketones (excluding diaryl/α,β-unsaturated/α-hetero) is 1. The van der Waals surface area contributed by atoms with E-state index in [1.54, 1.807) is 12.1 Å². The van der Waals surface area contributed by atoms with Crippen LogP contribution in [0.2, 0.25) is 0 Å². The lowest BCUT2D eigenvalue weighted by Gasteiger charge is -2.02. The first-order valence-electron chi connectivity index (χ1n) is 3.58. The normalized spacial score (nSPS) is 9.69. The molecule has 3 nitrogen and oxygen atoms in total. The molecule has 4 heteroatoms. The number of carbonyl (C=O) groups excluding carboxylic acids is 2. The monoisotopic (exact) mass is 242 g/mol. The van der Waals surface area contributed by atoms with E-state index in [9.17, 15) is 9.59 Å². The van der Waals surface area contributed by atoms with Crippen LogP contribution >= 0.6 is 15.9 Å². The molecule has 0 heterocycles. The Balaban J connectivity index is 3.28. The van der Waals surface area contributed by atoms with Gasteiger partial charge in [0.15, 0.2) is 12.1 Å². The third-order valence-electron chi connectivity index (χ3n) is 1.61. The highest BCUT2D eigenvalue weighted by Gasteiger charge is 2.11. The van der Waals surface area contributed by atoms with Gasteiger partial charge in [-0.25, -0.2) is 0 Å². The number of ketones is 1. The van der Waals surface area contributed by atoms with Crippen molar-refractivity contribution >= 4 is 28.0 Å². The largest absolute Gasteiger partial charge is 0.388 e. The van der Waals surface area contributed by atoms with Crippen molar-refractivity contribution in [3.05, 3.63) is 33.8 Å². The van der Waals surface area contributed by atoms with Gasteiger partial charge in [-0.3, -0.25) is 9.59 Å². The Kier molecular flexibility index (Phi) is 3.33. The van der Waals surface area contributed by atoms with Crippen molar-refractivity contribution in [2.24, 2.45) is 0 Å². The summed E-state index contributed by atoms with van der Waals surface area (Å²) in [5.74, 6) is -0.455. The van der Waals surface area contributed by atoms with Crippen LogP contribution in [0, 0.1) is 0 Å². The van der Waals surface area contributed by atoms with Crippen molar-refractivity contribution in [1.82, 2.24) is 0 Å². The zero-order chi connectivity index (χ0) is 9.84. The minimum Gasteiger partial charge on any atom is -0.388 e. The van der Waals surface area contributed by atoms with Crippen LogP contribution in [0.25, 0.3) is 0 Å². The fourth-order valence-corrected chi connectivity index (χ4v) is 1.44. The summed E-state index contributed by atoms with van der Waals surface area (Å²) in [7, 11) is 0. The lowest BCUT2D eigenvalue weighted by molar-refractivity contribution is 0.0899. The maximum Gasteiger partial charge on any atom is 0.188 e. The van der Waals surface area contributed by atoms with E-state index < -0.39 is 12.4 Å². The molecule has 1 aromatic rings. The first-order chi connectivity index (χ1) is 6.20. The van der Waals surface area contributed by atoms with Crippen LogP contribution in [0.3, 0.4) is 0 Å². The predicted molar refractivity (Wildman–Crippen MR) is 50.9 cm³/mol. The molecule has 0 unspecified atom stereocenters. The van der Waals surface area contributed by atoms with E-state index in [2.05, 4.69) is 15.9 Å². The number of hydrogen-bond acceptors (Lipinski definition) is 3. The van der Waals surface area contributed by atoms with Crippen LogP contribution in [0.5, 0.6) is 0 Å². The number of halogens is 1. The average Bonchev–Trinajstić information content (AvgIpc) is 2.16. The van der Waals surface area contributed by atoms with Gasteiger partial charge in [-0.05, 0) is 6.07 Å². The second kappa shape index (κ2) is 4.30. The summed E-state index contributed by atoms with van der Waals surface area (Å²) in [6, 6.07) is 4.81. The third-order valence-corrected chi connectivity index (χ3v) is 2.31. The number of hydrogen-bond donors (Lipinski definition) is 1. The molecule has 0 aliphatic carbocycles. The van der Waals surface area contributed by atoms with E-state index in [1.165, 1.54) is 6.07 Å². The van der Waals surface area contributed by atoms with Crippen LogP contribution in [0.4, 0.5) is 0 Å². The molecule has 0 atom stereocenters. The molecule has 0 bridgehead atoms. The van der Waals surface area contributed by atoms with Crippen molar-refractivity contribution < 1.29 is 14.7 Å². The average molecular weight is 243 g/mol. The summed E-state index contributed by atoms with van der Waals surface area (Å²) in [4.78, 5) is 21.7. The van der Waals surface area contributed by atoms with E-state index >= 15 is 0 Å². The highest BCUT2D eigenvalue weighted by atomic mass is 79.9. The molecular formula is C9H7BrO3. The number of aldehydes is 1. The molecule has 0 spiro atoms. The Bertz CT molecular complexity index is 347. The maximum absolute atomic E-state index is 11.1. The van der Waals surface area contributed by atoms with E-state index in [0.29, 0.717) is 10.8 Å². The Hall–Kier alpha value is -1.00. The Labute approximate surface area is 83.5 Å². The molecule has 0 amide bonds. The molecule has 0 radical (unpaired) electrons. The van der Waals surface area contributed by atoms with E-state index in [1.807, 2.05) is 0 Å². The van der Waals surface area contributed by atoms with Gasteiger partial charge in [-0.2, -0.15) is 0 Å². The summed E-state index contributed by atoms with van der Waals surface area (Å²) in [5.41, 5.74) is 0.522. The minimum absolute atomic E-state index is 0.242. The summed E-state index contributed by atoms with van der Waals surface area (Å²) in [6.45, 7) is -0.586. The van der Waals surface area contributed by atoms with Gasteiger partial charge in [-0.15, -0.1) is 0 Å². The Morgan fingerprint density at radius 2 is 2.23 bits per heavy atom. The lowest BCUT2D eigenvalue weighted by Crippen LogP contribution is -2.07. The predicted octanol–water partition coefficient (Wildman–Crippen LogP) is 1.44. The van der Waals surface area contributed by atoms with Crippen LogP contribution in [-0.4, -0.2) is 23.8 Å². The van der Waals surface area contributed by atoms with Gasteiger partial charge in [-0.1, -0.05) is 28.1 Å². The molecular weight excluding hydrogens is 236 g/mol. The second-order valence-electron chi connectivity index (χ2n) is 2.40. The highest BCUT2D eigenvalue weighted by Crippen LogP contribution is 2.18. The SMILES string of the molecule is O=Cc1c(Br)cccc1C(=O)CO. The Morgan fingerprint density at radius 3 is 2.77 bits per heavy atom. The second-order valence-corrected chi connectivity index (χ2v) is 3.25. The van der Waals surface area contributed by atoms with Crippen molar-refractivity contribution in [3.8, 4) is 0 Å². The van der Waals surface area contributed by atoms with E-state index in [0.717, 1.165) is 0 Å². The zero-order valence-electron chi connectivity index (χ0n) is 6.66. The molecule has 68 valence electrons. The van der Waals surface area contributed by atoms with Crippen LogP contribution < -0.4 is 0 Å². The lowest BCUT2D eigenvalue weighted by atomic mass is 10.1. The van der Waals surface area contributed by atoms with E-state index in [-0.39, 0.29) is 11.1 Å². The van der Waals surface area contributed by atoms with Crippen LogP contribution in [0.1, 0.15) is 20.7 Å². The molecule has 13 heavy (non-hydrogen) atoms. The molecule has 0 aromatic heterocycles. The molecule has 0 fully saturated rings. The number of aliphatic hydroxyl groups excluding tert-OH is 1. The standard InChI is InChI=1S/C9H7BrO3/c10-8-3-1-2-6(7(8)4-11)9(13)5-12/h1-4,12H,5H2. The fourth-order valence-electron chi connectivity index (χ4n) is 0.985. The number of benzene rings is 1. The quantitative estimate of drug-likeness (QED) is 0.645. The fraction of sp³-hybridized carbons (Fsp3) is 0.111. The van der Waals surface area contributed by atoms with Crippen molar-refractivity contribution in [2.75, 3.05) is 6.61 Å². The zero-order valence-corrected chi connectivity index (χ0v) is 8.24. The summed E-state index contributed by atoms with van der Waals surface area (Å²) in [5, 5.41) is 8.62. The van der Waals surface area contributed by atoms with Gasteiger partial charge in [0.2, 0.25) is 0 Å². The van der Waals surface area contributed by atoms with Crippen molar-refractivity contribution in [3.63, 3.8) is 0 Å². The van der Waals surface area contributed by atoms with Crippen LogP contribution in [-0.2, 0) is 0 Å². The van der Waals surface area contributed by atoms with Gasteiger partial charge in [0, 0.05) is 15.6 Å². The molecule has 1 aromatic carbocycles. The molecule has 0 saturated heterocycles. The first kappa shape index (κ1) is 10.1. The summed E-state index contributed by atoms with van der Waals surface area (Å²) >= 11 is 3.14. The molecule has 1 N–H and O–H groups in total. The van der Waals surface area contributed by atoms with Gasteiger partial charge in [0.25, 0.3) is 0 Å². The molecule has 1 rings (SSSR count). The third kappa shape index (κ3) is 2.02. The number of rotatable bonds is 3. The van der Waals surface area contributed by atoms with Crippen molar-refractivity contribution in [1.29, 1.82) is 0 Å². The highest BCUT2D eigenvalue weighted by molar-refractivity contribution is 9.10. The molecule has 0 aliphatic rings. The number of aliphatic hydroxyl groups is 1. The van der Waals surface area contributed by atoms with Crippen molar-refractivity contribution in [2.45, 2.75) is 0 Å². The van der Waals surface area contributed by atoms with Gasteiger partial charge < -0.3 is 5.11 Å².